The van der Waals surface area contributed by atoms with Crippen LogP contribution in [-0.4, -0.2) is 23.6 Å². The molecule has 1 atom stereocenters. The van der Waals surface area contributed by atoms with Crippen molar-refractivity contribution in [2.75, 3.05) is 19.4 Å². The number of benzene rings is 1. The molecule has 1 unspecified atom stereocenters. The minimum atomic E-state index is -0.279. The highest BCUT2D eigenvalue weighted by Crippen LogP contribution is 2.41. The number of nitrogens with one attached hydrogen (secondary N) is 1. The van der Waals surface area contributed by atoms with Gasteiger partial charge in [0.15, 0.2) is 5.75 Å². The van der Waals surface area contributed by atoms with Gasteiger partial charge in [-0.2, -0.15) is 0 Å². The fraction of sp³-hybridized carbons (Fsp3) is 0.333. The molecule has 2 aliphatic rings. The number of likely N-dealkylation sites (N-methyl/N-ethyl adjacent to an activating group) is 1. The number of nitrogens with two attached hydrogens (primary N) is 1. The van der Waals surface area contributed by atoms with Crippen molar-refractivity contribution in [1.29, 1.82) is 0 Å². The van der Waals surface area contributed by atoms with E-state index >= 15 is 0 Å². The maximum atomic E-state index is 13.8. The van der Waals surface area contributed by atoms with Gasteiger partial charge in [-0.05, 0) is 49.1 Å². The van der Waals surface area contributed by atoms with Gasteiger partial charge in [-0.3, -0.25) is 0 Å². The van der Waals surface area contributed by atoms with Crippen molar-refractivity contribution >= 4 is 11.5 Å². The summed E-state index contributed by atoms with van der Waals surface area (Å²) in [4.78, 5) is 8.42. The normalized spacial score (nSPS) is 19.1. The second-order valence-corrected chi connectivity index (χ2v) is 6.27. The van der Waals surface area contributed by atoms with Gasteiger partial charge in [0.2, 0.25) is 5.95 Å². The zero-order valence-electron chi connectivity index (χ0n) is 13.4. The van der Waals surface area contributed by atoms with E-state index in [-0.39, 0.29) is 17.8 Å². The van der Waals surface area contributed by atoms with Crippen molar-refractivity contribution in [2.24, 2.45) is 5.92 Å². The van der Waals surface area contributed by atoms with E-state index in [2.05, 4.69) is 15.3 Å². The van der Waals surface area contributed by atoms with Gasteiger partial charge in [-0.1, -0.05) is 12.1 Å². The lowest BCUT2D eigenvalue weighted by Gasteiger charge is -2.12. The van der Waals surface area contributed by atoms with E-state index in [1.54, 1.807) is 12.3 Å². The molecule has 6 heteroatoms. The number of hydrogen-bond donors (Lipinski definition) is 2. The molecule has 1 saturated carbocycles. The van der Waals surface area contributed by atoms with Gasteiger partial charge in [-0.25, -0.2) is 14.4 Å². The second-order valence-electron chi connectivity index (χ2n) is 6.27. The Kier molecular flexibility index (Phi) is 3.69. The Hall–Kier alpha value is -2.47. The van der Waals surface area contributed by atoms with Crippen molar-refractivity contribution in [3.8, 4) is 5.75 Å². The maximum Gasteiger partial charge on any atom is 0.220 e. The van der Waals surface area contributed by atoms with Crippen LogP contribution in [0.2, 0.25) is 0 Å². The van der Waals surface area contributed by atoms with E-state index in [0.717, 1.165) is 16.7 Å². The largest absolute Gasteiger partial charge is 0.489 e. The van der Waals surface area contributed by atoms with Crippen LogP contribution in [0.4, 0.5) is 10.3 Å². The molecule has 0 spiro atoms. The fourth-order valence-corrected chi connectivity index (χ4v) is 3.00. The van der Waals surface area contributed by atoms with Crippen molar-refractivity contribution < 1.29 is 9.13 Å². The first-order valence-electron chi connectivity index (χ1n) is 8.10. The van der Waals surface area contributed by atoms with Gasteiger partial charge >= 0.3 is 0 Å². The summed E-state index contributed by atoms with van der Waals surface area (Å²) in [5.41, 5.74) is 9.05. The summed E-state index contributed by atoms with van der Waals surface area (Å²) in [5, 5.41) is 3.22. The first-order valence-corrected chi connectivity index (χ1v) is 8.10. The number of rotatable bonds is 5. The van der Waals surface area contributed by atoms with Crippen LogP contribution in [0.3, 0.4) is 0 Å². The number of aromatic nitrogens is 2. The van der Waals surface area contributed by atoms with E-state index in [4.69, 9.17) is 10.5 Å². The van der Waals surface area contributed by atoms with Gasteiger partial charge in [-0.15, -0.1) is 0 Å². The second kappa shape index (κ2) is 5.87. The molecule has 1 aromatic carbocycles. The molecule has 0 saturated heterocycles. The Labute approximate surface area is 139 Å². The average molecular weight is 326 g/mol. The third-order valence-corrected chi connectivity index (χ3v) is 4.49. The van der Waals surface area contributed by atoms with Crippen LogP contribution < -0.4 is 15.8 Å². The Morgan fingerprint density at radius 1 is 1.38 bits per heavy atom. The molecule has 0 radical (unpaired) electrons. The summed E-state index contributed by atoms with van der Waals surface area (Å²) in [5.74, 6) is 1.10. The summed E-state index contributed by atoms with van der Waals surface area (Å²) in [6.07, 6.45) is 6.02. The molecule has 5 nitrogen and oxygen atoms in total. The van der Waals surface area contributed by atoms with Gasteiger partial charge in [0.1, 0.15) is 11.5 Å². The van der Waals surface area contributed by atoms with Crippen LogP contribution in [0.5, 0.6) is 5.75 Å². The lowest BCUT2D eigenvalue weighted by molar-refractivity contribution is 0.296. The molecule has 1 fully saturated rings. The SMILES string of the molecule is CNC1C=C(c2nc(N)ncc2OCC2CC2)c2cc(F)ccc21. The van der Waals surface area contributed by atoms with E-state index in [1.165, 1.54) is 25.0 Å². The third kappa shape index (κ3) is 2.73. The number of hydrogen-bond acceptors (Lipinski definition) is 5. The van der Waals surface area contributed by atoms with Crippen LogP contribution >= 0.6 is 0 Å². The Bertz CT molecular complexity index is 817. The molecule has 3 N–H and O–H groups in total. The number of fused-ring (bicyclic) bond motifs is 1. The zero-order valence-corrected chi connectivity index (χ0v) is 13.4. The molecule has 2 aromatic rings. The van der Waals surface area contributed by atoms with Crippen molar-refractivity contribution in [3.05, 3.63) is 53.1 Å². The lowest BCUT2D eigenvalue weighted by atomic mass is 10.0. The van der Waals surface area contributed by atoms with Gasteiger partial charge in [0, 0.05) is 5.57 Å². The minimum Gasteiger partial charge on any atom is -0.489 e. The Balaban J connectivity index is 1.77. The highest BCUT2D eigenvalue weighted by Gasteiger charge is 2.28. The molecular weight excluding hydrogens is 307 g/mol. The van der Waals surface area contributed by atoms with Crippen molar-refractivity contribution in [3.63, 3.8) is 0 Å². The Morgan fingerprint density at radius 3 is 2.96 bits per heavy atom. The summed E-state index contributed by atoms with van der Waals surface area (Å²) in [6.45, 7) is 0.652. The number of nitrogens with zero attached hydrogens (tertiary/aromatic N) is 2. The lowest BCUT2D eigenvalue weighted by Crippen LogP contribution is -2.11. The maximum absolute atomic E-state index is 13.8. The summed E-state index contributed by atoms with van der Waals surface area (Å²) in [7, 11) is 1.87. The third-order valence-electron chi connectivity index (χ3n) is 4.49. The fourth-order valence-electron chi connectivity index (χ4n) is 3.00. The Morgan fingerprint density at radius 2 is 2.21 bits per heavy atom. The van der Waals surface area contributed by atoms with E-state index in [1.807, 2.05) is 13.1 Å². The van der Waals surface area contributed by atoms with Crippen molar-refractivity contribution in [1.82, 2.24) is 15.3 Å². The molecule has 124 valence electrons. The molecule has 1 aromatic heterocycles. The van der Waals surface area contributed by atoms with Crippen LogP contribution in [0.25, 0.3) is 5.57 Å². The standard InChI is InChI=1S/C18H19FN4O/c1-21-15-7-14(13-6-11(19)4-5-12(13)15)17-16(8-22-18(20)23-17)24-9-10-2-3-10/h4-8,10,15,21H,2-3,9H2,1H3,(H2,20,22,23). The number of anilines is 1. The first kappa shape index (κ1) is 15.1. The minimum absolute atomic E-state index is 0.00284. The highest BCUT2D eigenvalue weighted by molar-refractivity contribution is 5.86. The number of halogens is 1. The average Bonchev–Trinajstić information content (AvgIpc) is 3.33. The summed E-state index contributed by atoms with van der Waals surface area (Å²) in [6, 6.07) is 4.80. The zero-order chi connectivity index (χ0) is 16.7. The molecule has 4 rings (SSSR count). The van der Waals surface area contributed by atoms with Gasteiger partial charge in [0.25, 0.3) is 0 Å². The summed E-state index contributed by atoms with van der Waals surface area (Å²) >= 11 is 0. The van der Waals surface area contributed by atoms with Gasteiger partial charge in [0.05, 0.1) is 18.8 Å². The predicted octanol–water partition coefficient (Wildman–Crippen LogP) is 2.69. The first-order chi connectivity index (χ1) is 11.7. The van der Waals surface area contributed by atoms with E-state index in [9.17, 15) is 4.39 Å². The molecule has 24 heavy (non-hydrogen) atoms. The highest BCUT2D eigenvalue weighted by atomic mass is 19.1. The predicted molar refractivity (Wildman–Crippen MR) is 89.9 cm³/mol. The van der Waals surface area contributed by atoms with Crippen LogP contribution in [0, 0.1) is 11.7 Å². The quantitative estimate of drug-likeness (QED) is 0.884. The molecule has 0 aliphatic heterocycles. The molecule has 0 bridgehead atoms. The van der Waals surface area contributed by atoms with Crippen LogP contribution in [0.1, 0.15) is 35.7 Å². The molecular formula is C18H19FN4O. The van der Waals surface area contributed by atoms with Crippen molar-refractivity contribution in [2.45, 2.75) is 18.9 Å². The monoisotopic (exact) mass is 326 g/mol. The molecule has 2 aliphatic carbocycles. The molecule has 1 heterocycles. The number of nitrogen functional groups attached to an aromatic ring is 1. The topological polar surface area (TPSA) is 73.1 Å². The smallest absolute Gasteiger partial charge is 0.220 e. The van der Waals surface area contributed by atoms with Crippen LogP contribution in [-0.2, 0) is 0 Å². The van der Waals surface area contributed by atoms with Gasteiger partial charge < -0.3 is 15.8 Å². The van der Waals surface area contributed by atoms with Crippen LogP contribution in [0.15, 0.2) is 30.5 Å². The van der Waals surface area contributed by atoms with E-state index in [0.29, 0.717) is 24.0 Å². The number of ether oxygens (including phenoxy) is 1. The van der Waals surface area contributed by atoms with E-state index < -0.39 is 0 Å². The summed E-state index contributed by atoms with van der Waals surface area (Å²) < 4.78 is 19.7. The molecule has 0 amide bonds.